The molecule has 0 radical (unpaired) electrons. The SMILES string of the molecule is CC[C@@H](O)/C=C/C#CC[C@@H](O)/C=C/C=C/C#C[C@@H](O)CCC(C)C(=O)O. The fourth-order valence-corrected chi connectivity index (χ4v) is 1.63. The van der Waals surface area contributed by atoms with Gasteiger partial charge in [0.15, 0.2) is 0 Å². The molecular weight excluding hydrogens is 332 g/mol. The first-order valence-corrected chi connectivity index (χ1v) is 8.63. The van der Waals surface area contributed by atoms with E-state index < -0.39 is 30.2 Å². The van der Waals surface area contributed by atoms with Gasteiger partial charge >= 0.3 is 5.97 Å². The van der Waals surface area contributed by atoms with Crippen molar-refractivity contribution in [3.63, 3.8) is 0 Å². The molecule has 4 N–H and O–H groups in total. The number of hydrogen-bond donors (Lipinski definition) is 4. The Morgan fingerprint density at radius 3 is 2.38 bits per heavy atom. The van der Waals surface area contributed by atoms with Crippen LogP contribution >= 0.6 is 0 Å². The topological polar surface area (TPSA) is 98.0 Å². The Balaban J connectivity index is 4.12. The Morgan fingerprint density at radius 2 is 1.73 bits per heavy atom. The zero-order valence-corrected chi connectivity index (χ0v) is 15.3. The summed E-state index contributed by atoms with van der Waals surface area (Å²) in [6.45, 7) is 3.46. The zero-order chi connectivity index (χ0) is 19.8. The number of aliphatic carboxylic acids is 1. The first-order valence-electron chi connectivity index (χ1n) is 8.63. The lowest BCUT2D eigenvalue weighted by Gasteiger charge is -2.06. The van der Waals surface area contributed by atoms with Crippen molar-refractivity contribution in [3.05, 3.63) is 36.5 Å². The van der Waals surface area contributed by atoms with Crippen LogP contribution in [0, 0.1) is 29.6 Å². The number of allylic oxidation sites excluding steroid dienone is 4. The van der Waals surface area contributed by atoms with Crippen LogP contribution in [0.5, 0.6) is 0 Å². The normalized spacial score (nSPS) is 15.9. The second-order valence-corrected chi connectivity index (χ2v) is 5.79. The maximum atomic E-state index is 10.7. The summed E-state index contributed by atoms with van der Waals surface area (Å²) < 4.78 is 0. The van der Waals surface area contributed by atoms with Gasteiger partial charge in [0.25, 0.3) is 0 Å². The molecule has 26 heavy (non-hydrogen) atoms. The number of rotatable bonds is 9. The van der Waals surface area contributed by atoms with Crippen LogP contribution in [-0.2, 0) is 4.79 Å². The zero-order valence-electron chi connectivity index (χ0n) is 15.3. The molecule has 0 rings (SSSR count). The van der Waals surface area contributed by atoms with Gasteiger partial charge < -0.3 is 20.4 Å². The van der Waals surface area contributed by atoms with Crippen molar-refractivity contribution in [2.45, 2.75) is 57.8 Å². The monoisotopic (exact) mass is 360 g/mol. The Labute approximate surface area is 155 Å². The summed E-state index contributed by atoms with van der Waals surface area (Å²) in [5.74, 6) is 9.42. The van der Waals surface area contributed by atoms with Gasteiger partial charge in [0.05, 0.1) is 18.1 Å². The molecule has 0 aliphatic rings. The molecule has 142 valence electrons. The van der Waals surface area contributed by atoms with E-state index in [1.165, 1.54) is 6.08 Å². The average Bonchev–Trinajstić information content (AvgIpc) is 2.61. The number of aliphatic hydroxyl groups is 3. The lowest BCUT2D eigenvalue weighted by Crippen LogP contribution is -2.13. The quantitative estimate of drug-likeness (QED) is 0.373. The van der Waals surface area contributed by atoms with E-state index >= 15 is 0 Å². The molecule has 0 aliphatic carbocycles. The van der Waals surface area contributed by atoms with E-state index in [9.17, 15) is 20.1 Å². The van der Waals surface area contributed by atoms with Crippen molar-refractivity contribution in [1.29, 1.82) is 0 Å². The summed E-state index contributed by atoms with van der Waals surface area (Å²) >= 11 is 0. The van der Waals surface area contributed by atoms with Crippen LogP contribution in [0.3, 0.4) is 0 Å². The largest absolute Gasteiger partial charge is 0.481 e. The van der Waals surface area contributed by atoms with Crippen LogP contribution in [0.1, 0.15) is 39.5 Å². The van der Waals surface area contributed by atoms with Gasteiger partial charge in [-0.15, -0.1) is 0 Å². The summed E-state index contributed by atoms with van der Waals surface area (Å²) in [6, 6.07) is 0. The van der Waals surface area contributed by atoms with E-state index in [4.69, 9.17) is 5.11 Å². The summed E-state index contributed by atoms with van der Waals surface area (Å²) in [6.07, 6.45) is 9.11. The van der Waals surface area contributed by atoms with Crippen molar-refractivity contribution >= 4 is 5.97 Å². The van der Waals surface area contributed by atoms with Gasteiger partial charge in [-0.3, -0.25) is 4.79 Å². The summed E-state index contributed by atoms with van der Waals surface area (Å²) in [5.41, 5.74) is 0. The lowest BCUT2D eigenvalue weighted by atomic mass is 10.0. The Hall–Kier alpha value is -2.31. The van der Waals surface area contributed by atoms with E-state index in [0.717, 1.165) is 0 Å². The van der Waals surface area contributed by atoms with Crippen molar-refractivity contribution < 1.29 is 25.2 Å². The molecule has 0 aromatic rings. The van der Waals surface area contributed by atoms with Gasteiger partial charge in [-0.2, -0.15) is 0 Å². The summed E-state index contributed by atoms with van der Waals surface area (Å²) in [7, 11) is 0. The second-order valence-electron chi connectivity index (χ2n) is 5.79. The fourth-order valence-electron chi connectivity index (χ4n) is 1.63. The molecule has 0 aromatic heterocycles. The van der Waals surface area contributed by atoms with Crippen LogP contribution in [0.25, 0.3) is 0 Å². The fraction of sp³-hybridized carbons (Fsp3) is 0.476. The predicted molar refractivity (Wildman–Crippen MR) is 102 cm³/mol. The minimum Gasteiger partial charge on any atom is -0.481 e. The molecule has 1 unspecified atom stereocenters. The number of aliphatic hydroxyl groups excluding tert-OH is 3. The molecule has 0 spiro atoms. The number of carbonyl (C=O) groups is 1. The predicted octanol–water partition coefficient (Wildman–Crippen LogP) is 2.05. The Bertz CT molecular complexity index is 610. The summed E-state index contributed by atoms with van der Waals surface area (Å²) in [4.78, 5) is 10.7. The van der Waals surface area contributed by atoms with Gasteiger partial charge in [0.2, 0.25) is 0 Å². The third kappa shape index (κ3) is 14.1. The first-order chi connectivity index (χ1) is 12.4. The van der Waals surface area contributed by atoms with E-state index in [0.29, 0.717) is 19.3 Å². The number of hydrogen-bond acceptors (Lipinski definition) is 4. The van der Waals surface area contributed by atoms with Crippen molar-refractivity contribution in [2.75, 3.05) is 0 Å². The maximum absolute atomic E-state index is 10.7. The molecule has 0 bridgehead atoms. The van der Waals surface area contributed by atoms with Crippen molar-refractivity contribution in [2.24, 2.45) is 5.92 Å². The van der Waals surface area contributed by atoms with Gasteiger partial charge in [0, 0.05) is 6.42 Å². The molecule has 0 amide bonds. The van der Waals surface area contributed by atoms with E-state index in [1.54, 1.807) is 37.3 Å². The van der Waals surface area contributed by atoms with Gasteiger partial charge in [0.1, 0.15) is 6.10 Å². The van der Waals surface area contributed by atoms with Crippen LogP contribution in [-0.4, -0.2) is 44.7 Å². The van der Waals surface area contributed by atoms with Gasteiger partial charge in [-0.05, 0) is 37.5 Å². The number of carboxylic acids is 1. The minimum absolute atomic E-state index is 0.281. The molecule has 5 heteroatoms. The molecule has 0 aliphatic heterocycles. The van der Waals surface area contributed by atoms with Crippen molar-refractivity contribution in [3.8, 4) is 23.7 Å². The average molecular weight is 360 g/mol. The highest BCUT2D eigenvalue weighted by Gasteiger charge is 2.11. The highest BCUT2D eigenvalue weighted by atomic mass is 16.4. The third-order valence-electron chi connectivity index (χ3n) is 3.40. The molecule has 0 fully saturated rings. The molecule has 0 heterocycles. The van der Waals surface area contributed by atoms with Crippen LogP contribution < -0.4 is 0 Å². The maximum Gasteiger partial charge on any atom is 0.306 e. The van der Waals surface area contributed by atoms with E-state index in [2.05, 4.69) is 23.7 Å². The van der Waals surface area contributed by atoms with Crippen molar-refractivity contribution in [1.82, 2.24) is 0 Å². The Morgan fingerprint density at radius 1 is 1.00 bits per heavy atom. The number of carboxylic acid groups (broad SMARTS) is 1. The standard InChI is InChI=1S/C21H28O5/c1-3-18(22)11-9-6-10-13-19(23)12-7-4-5-8-14-20(24)16-15-17(2)21(25)26/h4-5,7,9,11-12,17-20,22-24H,3,13,15-16H2,1-2H3,(H,25,26)/b5-4+,11-9+,12-7+/t17?,18-,19+,20-/m1/s1. The smallest absolute Gasteiger partial charge is 0.306 e. The molecule has 0 saturated heterocycles. The highest BCUT2D eigenvalue weighted by molar-refractivity contribution is 5.69. The molecular formula is C21H28O5. The summed E-state index contributed by atoms with van der Waals surface area (Å²) in [5, 5.41) is 37.4. The molecule has 4 atom stereocenters. The van der Waals surface area contributed by atoms with Crippen LogP contribution in [0.2, 0.25) is 0 Å². The highest BCUT2D eigenvalue weighted by Crippen LogP contribution is 2.07. The molecule has 5 nitrogen and oxygen atoms in total. The first kappa shape index (κ1) is 23.7. The van der Waals surface area contributed by atoms with Crippen LogP contribution in [0.4, 0.5) is 0 Å². The second kappa shape index (κ2) is 15.0. The lowest BCUT2D eigenvalue weighted by molar-refractivity contribution is -0.141. The van der Waals surface area contributed by atoms with E-state index in [1.807, 2.05) is 6.92 Å². The van der Waals surface area contributed by atoms with E-state index in [-0.39, 0.29) is 6.42 Å². The third-order valence-corrected chi connectivity index (χ3v) is 3.40. The van der Waals surface area contributed by atoms with Gasteiger partial charge in [-0.25, -0.2) is 0 Å². The van der Waals surface area contributed by atoms with Crippen LogP contribution in [0.15, 0.2) is 36.5 Å². The Kier molecular flexibility index (Phi) is 13.7. The molecule has 0 saturated carbocycles. The van der Waals surface area contributed by atoms with Gasteiger partial charge in [-0.1, -0.05) is 55.8 Å². The minimum atomic E-state index is -0.881. The molecule has 0 aromatic carbocycles.